The minimum absolute atomic E-state index is 0.00729. The van der Waals surface area contributed by atoms with Crippen molar-refractivity contribution >= 4 is 15.7 Å². The molecular weight excluding hydrogens is 290 g/mol. The summed E-state index contributed by atoms with van der Waals surface area (Å²) in [5.74, 6) is 5.58. The lowest BCUT2D eigenvalue weighted by molar-refractivity contribution is 0.0948. The Morgan fingerprint density at radius 1 is 1.48 bits per heavy atom. The van der Waals surface area contributed by atoms with E-state index in [1.807, 2.05) is 0 Å². The Morgan fingerprint density at radius 2 is 2.29 bits per heavy atom. The molecule has 1 amide bonds. The first kappa shape index (κ1) is 15.5. The fourth-order valence-electron chi connectivity index (χ4n) is 2.16. The van der Waals surface area contributed by atoms with Crippen LogP contribution in [0.5, 0.6) is 0 Å². The maximum absolute atomic E-state index is 12.0. The SMILES string of the molecule is NCC#Cc1cncc(C(=O)NCC2CCS(=O)(=O)C2)c1. The second-order valence-corrected chi connectivity index (χ2v) is 7.18. The molecule has 2 heterocycles. The second-order valence-electron chi connectivity index (χ2n) is 4.95. The van der Waals surface area contributed by atoms with E-state index in [0.29, 0.717) is 24.1 Å². The van der Waals surface area contributed by atoms with Gasteiger partial charge in [-0.25, -0.2) is 8.42 Å². The Labute approximate surface area is 124 Å². The van der Waals surface area contributed by atoms with Gasteiger partial charge in [0.25, 0.3) is 5.91 Å². The van der Waals surface area contributed by atoms with Gasteiger partial charge in [0.05, 0.1) is 23.6 Å². The molecule has 0 bridgehead atoms. The van der Waals surface area contributed by atoms with E-state index in [-0.39, 0.29) is 29.9 Å². The first-order valence-corrected chi connectivity index (χ1v) is 8.45. The number of rotatable bonds is 3. The van der Waals surface area contributed by atoms with Gasteiger partial charge in [-0.2, -0.15) is 0 Å². The number of nitrogens with two attached hydrogens (primary N) is 1. The third-order valence-electron chi connectivity index (χ3n) is 3.21. The van der Waals surface area contributed by atoms with Crippen molar-refractivity contribution in [1.29, 1.82) is 0 Å². The van der Waals surface area contributed by atoms with E-state index >= 15 is 0 Å². The van der Waals surface area contributed by atoms with Crippen LogP contribution in [0.2, 0.25) is 0 Å². The minimum Gasteiger partial charge on any atom is -0.352 e. The molecule has 1 atom stereocenters. The summed E-state index contributed by atoms with van der Waals surface area (Å²) in [5, 5.41) is 2.75. The third kappa shape index (κ3) is 4.55. The van der Waals surface area contributed by atoms with Crippen LogP contribution in [0, 0.1) is 17.8 Å². The summed E-state index contributed by atoms with van der Waals surface area (Å²) < 4.78 is 22.7. The van der Waals surface area contributed by atoms with Crippen LogP contribution in [0.4, 0.5) is 0 Å². The van der Waals surface area contributed by atoms with Gasteiger partial charge in [-0.1, -0.05) is 11.8 Å². The third-order valence-corrected chi connectivity index (χ3v) is 5.05. The number of nitrogens with zero attached hydrogens (tertiary/aromatic N) is 1. The Bertz CT molecular complexity index is 689. The van der Waals surface area contributed by atoms with Crippen LogP contribution in [-0.2, 0) is 9.84 Å². The van der Waals surface area contributed by atoms with Gasteiger partial charge >= 0.3 is 0 Å². The van der Waals surface area contributed by atoms with Gasteiger partial charge in [-0.3, -0.25) is 9.78 Å². The normalized spacial score (nSPS) is 19.6. The minimum atomic E-state index is -2.92. The highest BCUT2D eigenvalue weighted by atomic mass is 32.2. The van der Waals surface area contributed by atoms with E-state index in [0.717, 1.165) is 0 Å². The molecule has 1 unspecified atom stereocenters. The van der Waals surface area contributed by atoms with Crippen molar-refractivity contribution in [3.63, 3.8) is 0 Å². The number of aromatic nitrogens is 1. The highest BCUT2D eigenvalue weighted by molar-refractivity contribution is 7.91. The molecular formula is C14H17N3O3S. The van der Waals surface area contributed by atoms with Gasteiger partial charge in [-0.05, 0) is 18.4 Å². The van der Waals surface area contributed by atoms with Crippen molar-refractivity contribution < 1.29 is 13.2 Å². The van der Waals surface area contributed by atoms with Crippen molar-refractivity contribution in [1.82, 2.24) is 10.3 Å². The molecule has 2 rings (SSSR count). The van der Waals surface area contributed by atoms with Crippen LogP contribution >= 0.6 is 0 Å². The van der Waals surface area contributed by atoms with Crippen LogP contribution in [0.1, 0.15) is 22.3 Å². The topological polar surface area (TPSA) is 102 Å². The number of hydrogen-bond donors (Lipinski definition) is 2. The zero-order chi connectivity index (χ0) is 15.3. The highest BCUT2D eigenvalue weighted by Gasteiger charge is 2.27. The molecule has 0 aromatic carbocycles. The number of hydrogen-bond acceptors (Lipinski definition) is 5. The molecule has 1 fully saturated rings. The van der Waals surface area contributed by atoms with Crippen molar-refractivity contribution in [2.45, 2.75) is 6.42 Å². The number of nitrogens with one attached hydrogen (secondary N) is 1. The van der Waals surface area contributed by atoms with Crippen molar-refractivity contribution in [2.24, 2.45) is 11.7 Å². The lowest BCUT2D eigenvalue weighted by Gasteiger charge is -2.09. The Hall–Kier alpha value is -1.91. The van der Waals surface area contributed by atoms with Gasteiger partial charge in [0, 0.05) is 24.5 Å². The second kappa shape index (κ2) is 6.70. The highest BCUT2D eigenvalue weighted by Crippen LogP contribution is 2.17. The van der Waals surface area contributed by atoms with E-state index < -0.39 is 9.84 Å². The van der Waals surface area contributed by atoms with Crippen LogP contribution < -0.4 is 11.1 Å². The summed E-state index contributed by atoms with van der Waals surface area (Å²) >= 11 is 0. The summed E-state index contributed by atoms with van der Waals surface area (Å²) in [6, 6.07) is 1.64. The smallest absolute Gasteiger partial charge is 0.252 e. The van der Waals surface area contributed by atoms with Crippen LogP contribution in [0.15, 0.2) is 18.5 Å². The van der Waals surface area contributed by atoms with E-state index in [4.69, 9.17) is 5.73 Å². The Kier molecular flexibility index (Phi) is 4.94. The number of amides is 1. The summed E-state index contributed by atoms with van der Waals surface area (Å²) in [6.07, 6.45) is 3.61. The van der Waals surface area contributed by atoms with Gasteiger partial charge in [0.2, 0.25) is 0 Å². The predicted octanol–water partition coefficient (Wildman–Crippen LogP) is -0.444. The average molecular weight is 307 g/mol. The summed E-state index contributed by atoms with van der Waals surface area (Å²) in [6.45, 7) is 0.601. The molecule has 1 aliphatic rings. The standard InChI is InChI=1S/C14H17N3O3S/c15-4-1-2-11-6-13(9-16-7-11)14(18)17-8-12-3-5-21(19,20)10-12/h6-7,9,12H,3-5,8,10,15H2,(H,17,18). The van der Waals surface area contributed by atoms with Gasteiger partial charge < -0.3 is 11.1 Å². The molecule has 1 saturated heterocycles. The molecule has 3 N–H and O–H groups in total. The number of carbonyl (C=O) groups is 1. The lowest BCUT2D eigenvalue weighted by atomic mass is 10.1. The molecule has 7 heteroatoms. The van der Waals surface area contributed by atoms with Gasteiger partial charge in [0.15, 0.2) is 9.84 Å². The molecule has 112 valence electrons. The zero-order valence-corrected chi connectivity index (χ0v) is 12.3. The first-order valence-electron chi connectivity index (χ1n) is 6.63. The van der Waals surface area contributed by atoms with Crippen molar-refractivity contribution in [3.05, 3.63) is 29.6 Å². The van der Waals surface area contributed by atoms with Crippen molar-refractivity contribution in [3.8, 4) is 11.8 Å². The fourth-order valence-corrected chi connectivity index (χ4v) is 4.02. The van der Waals surface area contributed by atoms with Crippen LogP contribution in [-0.4, -0.2) is 43.9 Å². The van der Waals surface area contributed by atoms with E-state index in [9.17, 15) is 13.2 Å². The molecule has 6 nitrogen and oxygen atoms in total. The number of pyridine rings is 1. The molecule has 21 heavy (non-hydrogen) atoms. The zero-order valence-electron chi connectivity index (χ0n) is 11.5. The quantitative estimate of drug-likeness (QED) is 0.737. The molecule has 1 aliphatic heterocycles. The van der Waals surface area contributed by atoms with Gasteiger partial charge in [-0.15, -0.1) is 0 Å². The lowest BCUT2D eigenvalue weighted by Crippen LogP contribution is -2.29. The molecule has 0 aliphatic carbocycles. The van der Waals surface area contributed by atoms with Crippen LogP contribution in [0.25, 0.3) is 0 Å². The predicted molar refractivity (Wildman–Crippen MR) is 79.3 cm³/mol. The summed E-state index contributed by atoms with van der Waals surface area (Å²) in [5.41, 5.74) is 6.32. The van der Waals surface area contributed by atoms with E-state index in [1.165, 1.54) is 6.20 Å². The number of carbonyl (C=O) groups excluding carboxylic acids is 1. The van der Waals surface area contributed by atoms with E-state index in [1.54, 1.807) is 12.3 Å². The van der Waals surface area contributed by atoms with E-state index in [2.05, 4.69) is 22.1 Å². The summed E-state index contributed by atoms with van der Waals surface area (Å²) in [7, 11) is -2.92. The number of sulfone groups is 1. The maximum atomic E-state index is 12.0. The molecule has 0 saturated carbocycles. The monoisotopic (exact) mass is 307 g/mol. The first-order chi connectivity index (χ1) is 10.00. The maximum Gasteiger partial charge on any atom is 0.252 e. The molecule has 0 radical (unpaired) electrons. The van der Waals surface area contributed by atoms with Crippen molar-refractivity contribution in [2.75, 3.05) is 24.6 Å². The van der Waals surface area contributed by atoms with Crippen LogP contribution in [0.3, 0.4) is 0 Å². The Balaban J connectivity index is 1.94. The average Bonchev–Trinajstić information content (AvgIpc) is 2.82. The molecule has 0 spiro atoms. The summed E-state index contributed by atoms with van der Waals surface area (Å²) in [4.78, 5) is 16.0. The Morgan fingerprint density at radius 3 is 2.95 bits per heavy atom. The van der Waals surface area contributed by atoms with Gasteiger partial charge in [0.1, 0.15) is 0 Å². The molecule has 1 aromatic heterocycles. The largest absolute Gasteiger partial charge is 0.352 e. The fraction of sp³-hybridized carbons (Fsp3) is 0.429. The molecule has 1 aromatic rings.